The number of hydrogen-bond acceptors (Lipinski definition) is 6. The smallest absolute Gasteiger partial charge is 0.413 e. The van der Waals surface area contributed by atoms with Crippen molar-refractivity contribution in [3.63, 3.8) is 0 Å². The van der Waals surface area contributed by atoms with E-state index in [1.54, 1.807) is 0 Å². The molecule has 0 radical (unpaired) electrons. The fourth-order valence-corrected chi connectivity index (χ4v) is 4.57. The van der Waals surface area contributed by atoms with Crippen molar-refractivity contribution >= 4 is 28.7 Å². The highest BCUT2D eigenvalue weighted by molar-refractivity contribution is 7.15. The Balaban J connectivity index is 1.59. The minimum absolute atomic E-state index is 0.0700. The quantitative estimate of drug-likeness (QED) is 0.644. The van der Waals surface area contributed by atoms with Crippen LogP contribution >= 0.6 is 11.3 Å². The average Bonchev–Trinajstić information content (AvgIpc) is 3.11. The van der Waals surface area contributed by atoms with Crippen molar-refractivity contribution in [1.82, 2.24) is 9.88 Å². The fraction of sp³-hybridized carbons (Fsp3) is 0.522. The van der Waals surface area contributed by atoms with Gasteiger partial charge in [0.2, 0.25) is 0 Å². The molecule has 168 valence electrons. The first-order valence-corrected chi connectivity index (χ1v) is 11.5. The summed E-state index contributed by atoms with van der Waals surface area (Å²) in [7, 11) is 0. The second kappa shape index (κ2) is 10.1. The van der Waals surface area contributed by atoms with Crippen LogP contribution < -0.4 is 5.32 Å². The Bertz CT molecular complexity index is 892. The monoisotopic (exact) mass is 445 g/mol. The number of anilines is 1. The van der Waals surface area contributed by atoms with Gasteiger partial charge in [-0.2, -0.15) is 0 Å². The first-order chi connectivity index (χ1) is 14.7. The number of aryl methyl sites for hydroxylation is 1. The van der Waals surface area contributed by atoms with Gasteiger partial charge in [0, 0.05) is 23.9 Å². The lowest BCUT2D eigenvalue weighted by Gasteiger charge is -2.35. The summed E-state index contributed by atoms with van der Waals surface area (Å²) >= 11 is 1.45. The highest BCUT2D eigenvalue weighted by Crippen LogP contribution is 2.32. The van der Waals surface area contributed by atoms with Crippen LogP contribution in [0.15, 0.2) is 30.3 Å². The van der Waals surface area contributed by atoms with E-state index in [4.69, 9.17) is 9.47 Å². The third kappa shape index (κ3) is 6.69. The van der Waals surface area contributed by atoms with Crippen LogP contribution in [0.2, 0.25) is 0 Å². The van der Waals surface area contributed by atoms with Crippen LogP contribution in [0.5, 0.6) is 0 Å². The number of carbonyl (C=O) groups is 2. The van der Waals surface area contributed by atoms with Crippen LogP contribution in [0.3, 0.4) is 0 Å². The Kier molecular flexibility index (Phi) is 7.54. The molecule has 31 heavy (non-hydrogen) atoms. The summed E-state index contributed by atoms with van der Waals surface area (Å²) in [5.41, 5.74) is 1.39. The first kappa shape index (κ1) is 23.1. The summed E-state index contributed by atoms with van der Waals surface area (Å²) in [6, 6.07) is 9.61. The number of nitrogens with zero attached hydrogens (tertiary/aromatic N) is 2. The molecule has 1 heterocycles. The largest absolute Gasteiger partial charge is 0.444 e. The molecule has 8 heteroatoms. The summed E-state index contributed by atoms with van der Waals surface area (Å²) in [6.45, 7) is 8.57. The molecule has 1 N–H and O–H groups in total. The van der Waals surface area contributed by atoms with Crippen LogP contribution in [0, 0.1) is 0 Å². The van der Waals surface area contributed by atoms with Gasteiger partial charge in [0.05, 0.1) is 5.69 Å². The van der Waals surface area contributed by atoms with Crippen molar-refractivity contribution in [2.45, 2.75) is 71.6 Å². The molecule has 7 nitrogen and oxygen atoms in total. The summed E-state index contributed by atoms with van der Waals surface area (Å²) in [4.78, 5) is 32.4. The normalized spacial score (nSPS) is 15.7. The number of aromatic nitrogens is 1. The zero-order chi connectivity index (χ0) is 22.4. The van der Waals surface area contributed by atoms with Crippen molar-refractivity contribution < 1.29 is 19.1 Å². The molecule has 0 saturated carbocycles. The third-order valence-electron chi connectivity index (χ3n) is 4.87. The molecule has 0 bridgehead atoms. The van der Waals surface area contributed by atoms with Gasteiger partial charge in [0.25, 0.3) is 0 Å². The standard InChI is InChI=1S/C23H31N3O4S/c1-5-13-26(22(28)30-23(2,3)4)17-11-12-18-19(14-17)31-20(24-18)25-21(27)29-15-16-9-7-6-8-10-16/h6-10,17H,5,11-15H2,1-4H3,(H,24,25,27)/t17-/m0/s1. The number of benzene rings is 1. The average molecular weight is 446 g/mol. The number of thiazole rings is 1. The second-order valence-corrected chi connectivity index (χ2v) is 9.73. The second-order valence-electron chi connectivity index (χ2n) is 8.65. The summed E-state index contributed by atoms with van der Waals surface area (Å²) in [5.74, 6) is 0. The van der Waals surface area contributed by atoms with Gasteiger partial charge in [-0.3, -0.25) is 5.32 Å². The number of nitrogens with one attached hydrogen (secondary N) is 1. The van der Waals surface area contributed by atoms with E-state index in [-0.39, 0.29) is 18.7 Å². The maximum absolute atomic E-state index is 12.7. The van der Waals surface area contributed by atoms with Crippen molar-refractivity contribution in [1.29, 1.82) is 0 Å². The topological polar surface area (TPSA) is 80.8 Å². The minimum Gasteiger partial charge on any atom is -0.444 e. The van der Waals surface area contributed by atoms with E-state index < -0.39 is 11.7 Å². The van der Waals surface area contributed by atoms with E-state index in [1.165, 1.54) is 11.3 Å². The van der Waals surface area contributed by atoms with Crippen molar-refractivity contribution in [2.75, 3.05) is 11.9 Å². The number of ether oxygens (including phenoxy) is 2. The number of rotatable bonds is 6. The molecular formula is C23H31N3O4S. The molecule has 0 unspecified atom stereocenters. The molecule has 1 aliphatic rings. The molecule has 0 spiro atoms. The summed E-state index contributed by atoms with van der Waals surface area (Å²) in [5, 5.41) is 3.26. The molecule has 1 aromatic heterocycles. The molecule has 3 rings (SSSR count). The van der Waals surface area contributed by atoms with Crippen LogP contribution in [-0.4, -0.2) is 40.3 Å². The van der Waals surface area contributed by atoms with Crippen molar-refractivity contribution in [3.8, 4) is 0 Å². The number of fused-ring (bicyclic) bond motifs is 1. The van der Waals surface area contributed by atoms with Gasteiger partial charge in [-0.25, -0.2) is 14.6 Å². The lowest BCUT2D eigenvalue weighted by atomic mass is 9.96. The van der Waals surface area contributed by atoms with Crippen LogP contribution in [-0.2, 0) is 28.9 Å². The van der Waals surface area contributed by atoms with Gasteiger partial charge >= 0.3 is 12.2 Å². The predicted molar refractivity (Wildman–Crippen MR) is 121 cm³/mol. The molecular weight excluding hydrogens is 414 g/mol. The lowest BCUT2D eigenvalue weighted by molar-refractivity contribution is 0.0146. The van der Waals surface area contributed by atoms with Crippen LogP contribution in [0.4, 0.5) is 14.7 Å². The predicted octanol–water partition coefficient (Wildman–Crippen LogP) is 5.40. The van der Waals surface area contributed by atoms with Crippen molar-refractivity contribution in [2.24, 2.45) is 0 Å². The fourth-order valence-electron chi connectivity index (χ4n) is 3.51. The Hall–Kier alpha value is -2.61. The van der Waals surface area contributed by atoms with E-state index in [0.29, 0.717) is 18.1 Å². The summed E-state index contributed by atoms with van der Waals surface area (Å²) < 4.78 is 10.9. The van der Waals surface area contributed by atoms with E-state index in [2.05, 4.69) is 17.2 Å². The zero-order valence-corrected chi connectivity index (χ0v) is 19.5. The van der Waals surface area contributed by atoms with Gasteiger partial charge in [0.15, 0.2) is 5.13 Å². The SMILES string of the molecule is CCCN(C(=O)OC(C)(C)C)[C@H]1CCc2nc(NC(=O)OCc3ccccc3)sc2C1. The Morgan fingerprint density at radius 1 is 1.26 bits per heavy atom. The Labute approximate surface area is 187 Å². The van der Waals surface area contributed by atoms with Crippen LogP contribution in [0.1, 0.15) is 56.7 Å². The highest BCUT2D eigenvalue weighted by Gasteiger charge is 2.32. The Morgan fingerprint density at radius 3 is 2.68 bits per heavy atom. The highest BCUT2D eigenvalue weighted by atomic mass is 32.1. The molecule has 1 aromatic carbocycles. The molecule has 1 atom stereocenters. The van der Waals surface area contributed by atoms with Crippen LogP contribution in [0.25, 0.3) is 0 Å². The first-order valence-electron chi connectivity index (χ1n) is 10.7. The maximum Gasteiger partial charge on any atom is 0.413 e. The summed E-state index contributed by atoms with van der Waals surface area (Å²) in [6.07, 6.45) is 2.38. The Morgan fingerprint density at radius 2 is 2.00 bits per heavy atom. The van der Waals surface area contributed by atoms with E-state index in [1.807, 2.05) is 56.0 Å². The number of carbonyl (C=O) groups excluding carboxylic acids is 2. The lowest BCUT2D eigenvalue weighted by Crippen LogP contribution is -2.46. The number of amides is 2. The van der Waals surface area contributed by atoms with Gasteiger partial charge in [-0.15, -0.1) is 11.3 Å². The van der Waals surface area contributed by atoms with Gasteiger partial charge in [-0.05, 0) is 45.6 Å². The van der Waals surface area contributed by atoms with E-state index >= 15 is 0 Å². The van der Waals surface area contributed by atoms with Gasteiger partial charge in [0.1, 0.15) is 12.2 Å². The van der Waals surface area contributed by atoms with Gasteiger partial charge in [-0.1, -0.05) is 37.3 Å². The molecule has 0 saturated heterocycles. The zero-order valence-electron chi connectivity index (χ0n) is 18.6. The van der Waals surface area contributed by atoms with Gasteiger partial charge < -0.3 is 14.4 Å². The maximum atomic E-state index is 12.7. The molecule has 2 aromatic rings. The molecule has 0 aliphatic heterocycles. The van der Waals surface area contributed by atoms with Crippen molar-refractivity contribution in [3.05, 3.63) is 46.5 Å². The molecule has 1 aliphatic carbocycles. The molecule has 0 fully saturated rings. The van der Waals surface area contributed by atoms with E-state index in [0.717, 1.165) is 35.4 Å². The van der Waals surface area contributed by atoms with E-state index in [9.17, 15) is 9.59 Å². The molecule has 2 amide bonds. The third-order valence-corrected chi connectivity index (χ3v) is 5.90. The minimum atomic E-state index is -0.523. The number of hydrogen-bond donors (Lipinski definition) is 1.